The van der Waals surface area contributed by atoms with E-state index in [4.69, 9.17) is 10.5 Å². The molecule has 0 spiro atoms. The molecule has 0 radical (unpaired) electrons. The zero-order valence-corrected chi connectivity index (χ0v) is 11.2. The van der Waals surface area contributed by atoms with Crippen molar-refractivity contribution in [2.24, 2.45) is 0 Å². The van der Waals surface area contributed by atoms with Crippen molar-refractivity contribution in [2.75, 3.05) is 12.3 Å². The van der Waals surface area contributed by atoms with E-state index in [1.165, 1.54) is 12.8 Å². The monoisotopic (exact) mass is 262 g/mol. The van der Waals surface area contributed by atoms with Gasteiger partial charge in [-0.3, -0.25) is 4.79 Å². The fourth-order valence-electron chi connectivity index (χ4n) is 2.40. The van der Waals surface area contributed by atoms with Gasteiger partial charge in [0.15, 0.2) is 0 Å². The molecule has 1 amide bonds. The highest BCUT2D eigenvalue weighted by molar-refractivity contribution is 5.76. The largest absolute Gasteiger partial charge is 0.491 e. The van der Waals surface area contributed by atoms with Crippen molar-refractivity contribution in [3.8, 4) is 5.75 Å². The molecule has 1 aromatic rings. The number of para-hydroxylation sites is 2. The number of carbonyl (C=O) groups excluding carboxylic acids is 1. The minimum atomic E-state index is 0.136. The van der Waals surface area contributed by atoms with Gasteiger partial charge >= 0.3 is 0 Å². The molecule has 1 aliphatic rings. The van der Waals surface area contributed by atoms with Gasteiger partial charge in [-0.25, -0.2) is 0 Å². The molecule has 0 bridgehead atoms. The van der Waals surface area contributed by atoms with Crippen LogP contribution in [0.15, 0.2) is 24.3 Å². The Labute approximate surface area is 114 Å². The van der Waals surface area contributed by atoms with Gasteiger partial charge in [-0.15, -0.1) is 0 Å². The van der Waals surface area contributed by atoms with E-state index in [1.54, 1.807) is 0 Å². The van der Waals surface area contributed by atoms with E-state index in [-0.39, 0.29) is 5.91 Å². The normalized spacial score (nSPS) is 15.4. The summed E-state index contributed by atoms with van der Waals surface area (Å²) in [4.78, 5) is 11.7. The summed E-state index contributed by atoms with van der Waals surface area (Å²) in [5.74, 6) is 0.829. The highest BCUT2D eigenvalue weighted by atomic mass is 16.5. The number of hydrogen-bond donors (Lipinski definition) is 2. The maximum atomic E-state index is 11.7. The van der Waals surface area contributed by atoms with Crippen molar-refractivity contribution in [3.05, 3.63) is 24.3 Å². The lowest BCUT2D eigenvalue weighted by Crippen LogP contribution is -2.32. The lowest BCUT2D eigenvalue weighted by Gasteiger charge is -2.12. The number of rotatable bonds is 6. The van der Waals surface area contributed by atoms with Gasteiger partial charge in [0, 0.05) is 12.5 Å². The third-order valence-corrected chi connectivity index (χ3v) is 3.45. The molecule has 19 heavy (non-hydrogen) atoms. The van der Waals surface area contributed by atoms with E-state index in [9.17, 15) is 4.79 Å². The summed E-state index contributed by atoms with van der Waals surface area (Å²) in [6, 6.07) is 7.81. The fraction of sp³-hybridized carbons (Fsp3) is 0.533. The van der Waals surface area contributed by atoms with Gasteiger partial charge in [0.1, 0.15) is 5.75 Å². The van der Waals surface area contributed by atoms with Crippen LogP contribution in [-0.2, 0) is 4.79 Å². The number of hydrogen-bond acceptors (Lipinski definition) is 3. The lowest BCUT2D eigenvalue weighted by molar-refractivity contribution is -0.122. The molecule has 2 rings (SSSR count). The summed E-state index contributed by atoms with van der Waals surface area (Å²) in [5, 5.41) is 3.07. The van der Waals surface area contributed by atoms with E-state index >= 15 is 0 Å². The van der Waals surface area contributed by atoms with Gasteiger partial charge in [0.05, 0.1) is 12.3 Å². The zero-order chi connectivity index (χ0) is 13.5. The fourth-order valence-corrected chi connectivity index (χ4v) is 2.40. The van der Waals surface area contributed by atoms with Gasteiger partial charge in [-0.2, -0.15) is 0 Å². The van der Waals surface area contributed by atoms with E-state index < -0.39 is 0 Å². The Morgan fingerprint density at radius 3 is 2.79 bits per heavy atom. The first-order valence-electron chi connectivity index (χ1n) is 7.02. The van der Waals surface area contributed by atoms with Crippen LogP contribution in [0, 0.1) is 0 Å². The van der Waals surface area contributed by atoms with Gasteiger partial charge in [-0.1, -0.05) is 25.0 Å². The van der Waals surface area contributed by atoms with Crippen molar-refractivity contribution < 1.29 is 9.53 Å². The standard InChI is InChI=1S/C15H22N2O2/c16-13-8-3-4-9-14(13)19-11-5-10-15(18)17-12-6-1-2-7-12/h3-4,8-9,12H,1-2,5-7,10-11,16H2,(H,17,18). The van der Waals surface area contributed by atoms with Crippen LogP contribution in [0.3, 0.4) is 0 Å². The molecule has 0 heterocycles. The second-order valence-electron chi connectivity index (χ2n) is 5.04. The number of amides is 1. The Bertz CT molecular complexity index is 414. The number of carbonyl (C=O) groups is 1. The predicted molar refractivity (Wildman–Crippen MR) is 76.0 cm³/mol. The molecule has 1 aromatic carbocycles. The highest BCUT2D eigenvalue weighted by Crippen LogP contribution is 2.20. The first kappa shape index (κ1) is 13.7. The maximum Gasteiger partial charge on any atom is 0.220 e. The van der Waals surface area contributed by atoms with Crippen LogP contribution >= 0.6 is 0 Å². The van der Waals surface area contributed by atoms with Crippen molar-refractivity contribution >= 4 is 11.6 Å². The molecule has 4 nitrogen and oxygen atoms in total. The Morgan fingerprint density at radius 2 is 2.05 bits per heavy atom. The first-order valence-corrected chi connectivity index (χ1v) is 7.02. The highest BCUT2D eigenvalue weighted by Gasteiger charge is 2.16. The molecule has 1 saturated carbocycles. The van der Waals surface area contributed by atoms with Gasteiger partial charge in [-0.05, 0) is 31.4 Å². The second-order valence-corrected chi connectivity index (χ2v) is 5.04. The quantitative estimate of drug-likeness (QED) is 0.611. The van der Waals surface area contributed by atoms with Crippen molar-refractivity contribution in [3.63, 3.8) is 0 Å². The summed E-state index contributed by atoms with van der Waals surface area (Å²) < 4.78 is 5.55. The second kappa shape index (κ2) is 7.02. The number of nitrogen functional groups attached to an aromatic ring is 1. The predicted octanol–water partition coefficient (Wildman–Crippen LogP) is 2.49. The van der Waals surface area contributed by atoms with Crippen LogP contribution in [0.2, 0.25) is 0 Å². The smallest absolute Gasteiger partial charge is 0.220 e. The van der Waals surface area contributed by atoms with Crippen LogP contribution in [0.4, 0.5) is 5.69 Å². The molecule has 0 unspecified atom stereocenters. The molecule has 0 atom stereocenters. The average Bonchev–Trinajstić information content (AvgIpc) is 2.89. The molecule has 0 saturated heterocycles. The Balaban J connectivity index is 1.61. The molecule has 3 N–H and O–H groups in total. The number of anilines is 1. The summed E-state index contributed by atoms with van der Waals surface area (Å²) >= 11 is 0. The Kier molecular flexibility index (Phi) is 5.07. The summed E-state index contributed by atoms with van der Waals surface area (Å²) in [7, 11) is 0. The summed E-state index contributed by atoms with van der Waals surface area (Å²) in [6.07, 6.45) is 5.96. The van der Waals surface area contributed by atoms with Crippen LogP contribution in [0.5, 0.6) is 5.75 Å². The SMILES string of the molecule is Nc1ccccc1OCCCC(=O)NC1CCCC1. The Hall–Kier alpha value is -1.71. The van der Waals surface area contributed by atoms with Crippen LogP contribution in [0.25, 0.3) is 0 Å². The maximum absolute atomic E-state index is 11.7. The van der Waals surface area contributed by atoms with E-state index in [0.29, 0.717) is 36.9 Å². The van der Waals surface area contributed by atoms with Crippen molar-refractivity contribution in [1.29, 1.82) is 0 Å². The van der Waals surface area contributed by atoms with E-state index in [1.807, 2.05) is 24.3 Å². The first-order chi connectivity index (χ1) is 9.25. The number of nitrogens with two attached hydrogens (primary N) is 1. The molecule has 1 fully saturated rings. The molecule has 0 aromatic heterocycles. The third kappa shape index (κ3) is 4.47. The minimum Gasteiger partial charge on any atom is -0.491 e. The van der Waals surface area contributed by atoms with Gasteiger partial charge in [0.2, 0.25) is 5.91 Å². The number of ether oxygens (including phenoxy) is 1. The van der Waals surface area contributed by atoms with E-state index in [0.717, 1.165) is 12.8 Å². The number of benzene rings is 1. The Morgan fingerprint density at radius 1 is 1.32 bits per heavy atom. The van der Waals surface area contributed by atoms with Gasteiger partial charge in [0.25, 0.3) is 0 Å². The van der Waals surface area contributed by atoms with Crippen LogP contribution < -0.4 is 15.8 Å². The lowest BCUT2D eigenvalue weighted by atomic mass is 10.2. The molecule has 4 heteroatoms. The third-order valence-electron chi connectivity index (χ3n) is 3.45. The van der Waals surface area contributed by atoms with E-state index in [2.05, 4.69) is 5.32 Å². The minimum absolute atomic E-state index is 0.136. The van der Waals surface area contributed by atoms with Crippen LogP contribution in [0.1, 0.15) is 38.5 Å². The molecule has 1 aliphatic carbocycles. The summed E-state index contributed by atoms with van der Waals surface area (Å²) in [6.45, 7) is 0.520. The van der Waals surface area contributed by atoms with Crippen molar-refractivity contribution in [1.82, 2.24) is 5.32 Å². The number of nitrogens with one attached hydrogen (secondary N) is 1. The molecule has 0 aliphatic heterocycles. The molecular formula is C15H22N2O2. The van der Waals surface area contributed by atoms with Gasteiger partial charge < -0.3 is 15.8 Å². The summed E-state index contributed by atoms with van der Waals surface area (Å²) in [5.41, 5.74) is 6.40. The van der Waals surface area contributed by atoms with Crippen LogP contribution in [-0.4, -0.2) is 18.6 Å². The zero-order valence-electron chi connectivity index (χ0n) is 11.2. The average molecular weight is 262 g/mol. The molecular weight excluding hydrogens is 240 g/mol. The molecule has 104 valence electrons. The van der Waals surface area contributed by atoms with Crippen molar-refractivity contribution in [2.45, 2.75) is 44.6 Å². The topological polar surface area (TPSA) is 64.3 Å².